The Morgan fingerprint density at radius 2 is 2.04 bits per heavy atom. The Balaban J connectivity index is 1.73. The van der Waals surface area contributed by atoms with Crippen molar-refractivity contribution in [2.24, 2.45) is 5.73 Å². The number of hydrogen-bond donors (Lipinski definition) is 3. The van der Waals surface area contributed by atoms with E-state index in [0.29, 0.717) is 12.0 Å². The molecule has 25 heavy (non-hydrogen) atoms. The Morgan fingerprint density at radius 3 is 2.60 bits per heavy atom. The number of nitrogens with one attached hydrogen (secondary N) is 1. The lowest BCUT2D eigenvalue weighted by atomic mass is 9.92. The van der Waals surface area contributed by atoms with Gasteiger partial charge in [-0.1, -0.05) is 37.3 Å². The Labute approximate surface area is 149 Å². The van der Waals surface area contributed by atoms with Crippen molar-refractivity contribution in [3.8, 4) is 0 Å². The van der Waals surface area contributed by atoms with Crippen LogP contribution in [0, 0.1) is 0 Å². The molecule has 2 aliphatic rings. The molecule has 2 saturated heterocycles. The van der Waals surface area contributed by atoms with Crippen molar-refractivity contribution in [1.29, 1.82) is 0 Å². The van der Waals surface area contributed by atoms with Crippen LogP contribution in [0.3, 0.4) is 0 Å². The molecule has 1 aromatic rings. The second-order valence-corrected chi connectivity index (χ2v) is 8.19. The van der Waals surface area contributed by atoms with Crippen molar-refractivity contribution in [2.45, 2.75) is 48.5 Å². The standard InChI is InChI=1S/C17H21N3O4S/c1-3-17(2)12(16(23)24)20-14(22)11(15(20)25-17)19-13(21)10(18)9-7-5-4-6-8-9/h4-8,10-12,15H,3,18H2,1-2H3,(H,19,21)(H,23,24)/t10-,11-,12+,15-,17?/m1/s1. The number of hydrogen-bond acceptors (Lipinski definition) is 5. The SMILES string of the molecule is CCC1(C)S[C@@H]2[C@H](NC(=O)[C@H](N)c3ccccc3)C(=O)N2[C@H]1C(=O)O. The smallest absolute Gasteiger partial charge is 0.327 e. The first-order valence-electron chi connectivity index (χ1n) is 8.14. The third-order valence-corrected chi connectivity index (χ3v) is 6.79. The van der Waals surface area contributed by atoms with Crippen molar-refractivity contribution in [3.05, 3.63) is 35.9 Å². The van der Waals surface area contributed by atoms with Crippen LogP contribution in [0.2, 0.25) is 0 Å². The average molecular weight is 363 g/mol. The number of carboxylic acid groups (broad SMARTS) is 1. The maximum Gasteiger partial charge on any atom is 0.327 e. The van der Waals surface area contributed by atoms with Crippen LogP contribution < -0.4 is 11.1 Å². The van der Waals surface area contributed by atoms with Gasteiger partial charge in [-0.15, -0.1) is 11.8 Å². The molecule has 2 heterocycles. The number of thioether (sulfide) groups is 1. The molecule has 2 amide bonds. The van der Waals surface area contributed by atoms with E-state index in [0.717, 1.165) is 0 Å². The molecule has 0 saturated carbocycles. The fraction of sp³-hybridized carbons (Fsp3) is 0.471. The maximum atomic E-state index is 12.5. The van der Waals surface area contributed by atoms with Gasteiger partial charge in [0.2, 0.25) is 11.8 Å². The predicted octanol–water partition coefficient (Wildman–Crippen LogP) is 0.708. The summed E-state index contributed by atoms with van der Waals surface area (Å²) >= 11 is 1.43. The molecule has 2 aliphatic heterocycles. The average Bonchev–Trinajstić information content (AvgIpc) is 2.90. The zero-order valence-electron chi connectivity index (χ0n) is 14.0. The molecule has 7 nitrogen and oxygen atoms in total. The van der Waals surface area contributed by atoms with Gasteiger partial charge in [-0.2, -0.15) is 0 Å². The maximum absolute atomic E-state index is 12.5. The van der Waals surface area contributed by atoms with E-state index in [1.165, 1.54) is 16.7 Å². The van der Waals surface area contributed by atoms with E-state index in [1.807, 2.05) is 19.9 Å². The Kier molecular flexibility index (Phi) is 4.51. The summed E-state index contributed by atoms with van der Waals surface area (Å²) in [6.45, 7) is 3.74. The highest BCUT2D eigenvalue weighted by Gasteiger charge is 2.65. The number of fused-ring (bicyclic) bond motifs is 1. The molecule has 8 heteroatoms. The highest BCUT2D eigenvalue weighted by Crippen LogP contribution is 2.52. The lowest BCUT2D eigenvalue weighted by molar-refractivity contribution is -0.161. The normalized spacial score (nSPS) is 31.9. The summed E-state index contributed by atoms with van der Waals surface area (Å²) in [5.74, 6) is -1.82. The van der Waals surface area contributed by atoms with Gasteiger partial charge in [0.05, 0.1) is 0 Å². The second kappa shape index (κ2) is 6.34. The van der Waals surface area contributed by atoms with E-state index in [4.69, 9.17) is 5.73 Å². The zero-order chi connectivity index (χ0) is 18.4. The molecule has 4 N–H and O–H groups in total. The molecule has 0 aromatic heterocycles. The van der Waals surface area contributed by atoms with E-state index in [1.54, 1.807) is 24.3 Å². The van der Waals surface area contributed by atoms with E-state index in [-0.39, 0.29) is 11.3 Å². The zero-order valence-corrected chi connectivity index (χ0v) is 14.8. The van der Waals surface area contributed by atoms with Crippen LogP contribution in [0.1, 0.15) is 31.9 Å². The molecule has 3 rings (SSSR count). The molecule has 0 spiro atoms. The third kappa shape index (κ3) is 2.79. The Bertz CT molecular complexity index is 713. The van der Waals surface area contributed by atoms with Gasteiger partial charge in [-0.05, 0) is 18.9 Å². The number of carbonyl (C=O) groups is 3. The number of aliphatic carboxylic acids is 1. The van der Waals surface area contributed by atoms with Crippen LogP contribution in [0.5, 0.6) is 0 Å². The summed E-state index contributed by atoms with van der Waals surface area (Å²) in [5.41, 5.74) is 6.62. The summed E-state index contributed by atoms with van der Waals surface area (Å²) in [6.07, 6.45) is 0.610. The number of nitrogens with zero attached hydrogens (tertiary/aromatic N) is 1. The molecule has 0 aliphatic carbocycles. The molecule has 1 unspecified atom stereocenters. The molecule has 1 aromatic carbocycles. The molecular formula is C17H21N3O4S. The lowest BCUT2D eigenvalue weighted by Gasteiger charge is -2.43. The van der Waals surface area contributed by atoms with Crippen LogP contribution in [0.25, 0.3) is 0 Å². The molecule has 2 fully saturated rings. The van der Waals surface area contributed by atoms with Gasteiger partial charge in [-0.25, -0.2) is 4.79 Å². The van der Waals surface area contributed by atoms with E-state index in [9.17, 15) is 19.5 Å². The fourth-order valence-electron chi connectivity index (χ4n) is 3.36. The second-order valence-electron chi connectivity index (χ2n) is 6.54. The fourth-order valence-corrected chi connectivity index (χ4v) is 5.09. The lowest BCUT2D eigenvalue weighted by Crippen LogP contribution is -2.71. The van der Waals surface area contributed by atoms with Crippen LogP contribution >= 0.6 is 11.8 Å². The number of nitrogens with two attached hydrogens (primary N) is 1. The highest BCUT2D eigenvalue weighted by molar-refractivity contribution is 8.01. The largest absolute Gasteiger partial charge is 0.480 e. The van der Waals surface area contributed by atoms with Gasteiger partial charge in [-0.3, -0.25) is 9.59 Å². The van der Waals surface area contributed by atoms with Gasteiger partial charge in [0, 0.05) is 4.75 Å². The van der Waals surface area contributed by atoms with Gasteiger partial charge < -0.3 is 21.1 Å². The number of benzene rings is 1. The van der Waals surface area contributed by atoms with Gasteiger partial charge in [0.15, 0.2) is 0 Å². The highest BCUT2D eigenvalue weighted by atomic mass is 32.2. The van der Waals surface area contributed by atoms with E-state index in [2.05, 4.69) is 5.32 Å². The van der Waals surface area contributed by atoms with Crippen LogP contribution in [-0.4, -0.2) is 50.0 Å². The first kappa shape index (κ1) is 17.8. The van der Waals surface area contributed by atoms with Crippen LogP contribution in [0.15, 0.2) is 30.3 Å². The first-order chi connectivity index (χ1) is 11.8. The third-order valence-electron chi connectivity index (χ3n) is 5.00. The summed E-state index contributed by atoms with van der Waals surface area (Å²) in [5, 5.41) is 11.8. The number of amides is 2. The molecule has 0 radical (unpaired) electrons. The summed E-state index contributed by atoms with van der Waals surface area (Å²) < 4.78 is -0.576. The predicted molar refractivity (Wildman–Crippen MR) is 93.6 cm³/mol. The molecule has 134 valence electrons. The number of rotatable bonds is 5. The van der Waals surface area contributed by atoms with Crippen molar-refractivity contribution < 1.29 is 19.5 Å². The summed E-state index contributed by atoms with van der Waals surface area (Å²) in [7, 11) is 0. The van der Waals surface area contributed by atoms with Crippen LogP contribution in [-0.2, 0) is 14.4 Å². The minimum absolute atomic E-state index is 0.365. The number of carboxylic acids is 1. The Hall–Kier alpha value is -2.06. The molecule has 0 bridgehead atoms. The van der Waals surface area contributed by atoms with Crippen LogP contribution in [0.4, 0.5) is 0 Å². The minimum Gasteiger partial charge on any atom is -0.480 e. The quantitative estimate of drug-likeness (QED) is 0.664. The van der Waals surface area contributed by atoms with Gasteiger partial charge in [0.25, 0.3) is 0 Å². The first-order valence-corrected chi connectivity index (χ1v) is 9.02. The minimum atomic E-state index is -1.02. The topological polar surface area (TPSA) is 113 Å². The number of carbonyl (C=O) groups excluding carboxylic acids is 2. The van der Waals surface area contributed by atoms with Gasteiger partial charge in [0.1, 0.15) is 23.5 Å². The van der Waals surface area contributed by atoms with Crippen molar-refractivity contribution in [2.75, 3.05) is 0 Å². The molecular weight excluding hydrogens is 342 g/mol. The van der Waals surface area contributed by atoms with Gasteiger partial charge >= 0.3 is 5.97 Å². The summed E-state index contributed by atoms with van der Waals surface area (Å²) in [4.78, 5) is 37.8. The summed E-state index contributed by atoms with van der Waals surface area (Å²) in [6, 6.07) is 6.41. The van der Waals surface area contributed by atoms with Crippen molar-refractivity contribution >= 4 is 29.5 Å². The monoisotopic (exact) mass is 363 g/mol. The Morgan fingerprint density at radius 1 is 1.40 bits per heavy atom. The van der Waals surface area contributed by atoms with E-state index >= 15 is 0 Å². The van der Waals surface area contributed by atoms with E-state index < -0.39 is 34.7 Å². The molecule has 5 atom stereocenters. The number of β-lactam (4-membered cyclic amide) rings is 1. The van der Waals surface area contributed by atoms with Crippen molar-refractivity contribution in [3.63, 3.8) is 0 Å². The van der Waals surface area contributed by atoms with Crippen molar-refractivity contribution in [1.82, 2.24) is 10.2 Å².